The first-order chi connectivity index (χ1) is 16.9. The molecule has 1 unspecified atom stereocenters. The molecule has 0 aromatic heterocycles. The monoisotopic (exact) mass is 476 g/mol. The van der Waals surface area contributed by atoms with Gasteiger partial charge in [0.2, 0.25) is 0 Å². The first-order valence-electron chi connectivity index (χ1n) is 11.3. The number of guanidine groups is 1. The maximum absolute atomic E-state index is 12.8. The van der Waals surface area contributed by atoms with Crippen LogP contribution in [0.25, 0.3) is 0 Å². The lowest BCUT2D eigenvalue weighted by molar-refractivity contribution is 0.0952. The lowest BCUT2D eigenvalue weighted by atomic mass is 10.1. The Morgan fingerprint density at radius 3 is 2.57 bits per heavy atom. The molecule has 0 spiro atoms. The SMILES string of the molecule is COc1cc(NC2=N[N+]3(c4cccc(C(=O)NCCCN(C)C)c4)C=CN=CC3=N2)cc(OC)c1. The molecule has 2 aliphatic rings. The molecule has 10 nitrogen and oxygen atoms in total. The standard InChI is InChI=1S/C25H29N7O3/c1-31(2)11-6-9-27-24(33)18-7-5-8-20(13-18)32-12-10-26-17-23(32)29-25(30-32)28-19-14-21(34-3)16-22(15-19)35-4/h5,7-8,10,12-17H,6,9,11H2,1-4H3,(H-,27,28,30,33)/p+1. The number of methoxy groups -OCH3 is 2. The molecule has 2 heterocycles. The van der Waals surface area contributed by atoms with Gasteiger partial charge in [-0.1, -0.05) is 10.7 Å². The fraction of sp³-hybridized carbons (Fsp3) is 0.280. The van der Waals surface area contributed by atoms with Gasteiger partial charge in [0.25, 0.3) is 17.7 Å². The number of fused-ring (bicyclic) bond motifs is 1. The van der Waals surface area contributed by atoms with Crippen molar-refractivity contribution < 1.29 is 14.3 Å². The highest BCUT2D eigenvalue weighted by Gasteiger charge is 2.43. The fourth-order valence-corrected chi connectivity index (χ4v) is 3.78. The van der Waals surface area contributed by atoms with Crippen molar-refractivity contribution in [1.29, 1.82) is 0 Å². The van der Waals surface area contributed by atoms with Crippen LogP contribution in [0.2, 0.25) is 0 Å². The Morgan fingerprint density at radius 2 is 1.86 bits per heavy atom. The van der Waals surface area contributed by atoms with E-state index in [1.54, 1.807) is 38.8 Å². The number of benzene rings is 2. The fourth-order valence-electron chi connectivity index (χ4n) is 3.78. The summed E-state index contributed by atoms with van der Waals surface area (Å²) in [5.41, 5.74) is 2.05. The second kappa shape index (κ2) is 10.5. The highest BCUT2D eigenvalue weighted by Crippen LogP contribution is 2.32. The first kappa shape index (κ1) is 24.1. The average Bonchev–Trinajstić information content (AvgIpc) is 3.25. The molecule has 0 radical (unpaired) electrons. The van der Waals surface area contributed by atoms with Gasteiger partial charge < -0.3 is 25.0 Å². The van der Waals surface area contributed by atoms with Crippen molar-refractivity contribution >= 4 is 35.3 Å². The lowest BCUT2D eigenvalue weighted by Crippen LogP contribution is -2.44. The number of hydrogen-bond acceptors (Lipinski definition) is 8. The number of anilines is 1. The van der Waals surface area contributed by atoms with E-state index in [1.807, 2.05) is 50.6 Å². The van der Waals surface area contributed by atoms with Crippen LogP contribution >= 0.6 is 0 Å². The van der Waals surface area contributed by atoms with E-state index in [0.29, 0.717) is 41.1 Å². The number of carbonyl (C=O) groups is 1. The molecule has 0 fully saturated rings. The molecule has 2 aromatic rings. The Morgan fingerprint density at radius 1 is 1.09 bits per heavy atom. The lowest BCUT2D eigenvalue weighted by Gasteiger charge is -2.24. The number of nitrogens with one attached hydrogen (secondary N) is 2. The van der Waals surface area contributed by atoms with Crippen LogP contribution in [0, 0.1) is 0 Å². The van der Waals surface area contributed by atoms with Crippen LogP contribution in [0.15, 0.2) is 70.0 Å². The number of hydrogen-bond donors (Lipinski definition) is 2. The van der Waals surface area contributed by atoms with Gasteiger partial charge in [-0.15, -0.1) is 0 Å². The molecule has 0 bridgehead atoms. The van der Waals surface area contributed by atoms with E-state index in [-0.39, 0.29) is 10.5 Å². The van der Waals surface area contributed by atoms with Gasteiger partial charge in [0.15, 0.2) is 11.9 Å². The minimum absolute atomic E-state index is 0.0330. The van der Waals surface area contributed by atoms with Gasteiger partial charge in [-0.2, -0.15) is 4.99 Å². The van der Waals surface area contributed by atoms with Crippen LogP contribution < -0.4 is 24.7 Å². The number of ether oxygens (including phenoxy) is 2. The topological polar surface area (TPSA) is 99.9 Å². The van der Waals surface area contributed by atoms with E-state index in [2.05, 4.69) is 25.5 Å². The predicted molar refractivity (Wildman–Crippen MR) is 139 cm³/mol. The van der Waals surface area contributed by atoms with Crippen LogP contribution in [-0.2, 0) is 0 Å². The molecular weight excluding hydrogens is 446 g/mol. The van der Waals surface area contributed by atoms with E-state index in [4.69, 9.17) is 14.6 Å². The quantitative estimate of drug-likeness (QED) is 0.428. The summed E-state index contributed by atoms with van der Waals surface area (Å²) >= 11 is 0. The minimum Gasteiger partial charge on any atom is -0.497 e. The van der Waals surface area contributed by atoms with E-state index >= 15 is 0 Å². The van der Waals surface area contributed by atoms with E-state index in [0.717, 1.165) is 18.7 Å². The zero-order valence-electron chi connectivity index (χ0n) is 20.4. The van der Waals surface area contributed by atoms with E-state index < -0.39 is 0 Å². The second-order valence-corrected chi connectivity index (χ2v) is 8.34. The summed E-state index contributed by atoms with van der Waals surface area (Å²) < 4.78 is 10.7. The van der Waals surface area contributed by atoms with Gasteiger partial charge in [-0.25, -0.2) is 0 Å². The van der Waals surface area contributed by atoms with Crippen LogP contribution in [0.5, 0.6) is 11.5 Å². The molecular formula is C25H30N7O3+. The average molecular weight is 477 g/mol. The summed E-state index contributed by atoms with van der Waals surface area (Å²) in [5, 5.41) is 11.1. The Kier molecular flexibility index (Phi) is 7.23. The third-order valence-corrected chi connectivity index (χ3v) is 5.56. The number of rotatable bonds is 9. The number of carbonyl (C=O) groups excluding carboxylic acids is 1. The molecule has 2 aromatic carbocycles. The maximum atomic E-state index is 12.8. The van der Waals surface area contributed by atoms with Crippen molar-refractivity contribution in [1.82, 2.24) is 14.8 Å². The smallest absolute Gasteiger partial charge is 0.287 e. The third-order valence-electron chi connectivity index (χ3n) is 5.56. The number of aliphatic imine (C=N–C) groups is 2. The summed E-state index contributed by atoms with van der Waals surface area (Å²) in [6.45, 7) is 1.52. The van der Waals surface area contributed by atoms with Crippen LogP contribution in [0.3, 0.4) is 0 Å². The zero-order valence-corrected chi connectivity index (χ0v) is 20.4. The van der Waals surface area contributed by atoms with Crippen LogP contribution in [0.4, 0.5) is 11.4 Å². The summed E-state index contributed by atoms with van der Waals surface area (Å²) in [7, 11) is 7.22. The van der Waals surface area contributed by atoms with Crippen LogP contribution in [0.1, 0.15) is 16.8 Å². The van der Waals surface area contributed by atoms with Gasteiger partial charge in [0, 0.05) is 48.1 Å². The maximum Gasteiger partial charge on any atom is 0.287 e. The Labute approximate surface area is 204 Å². The molecule has 0 aliphatic carbocycles. The number of amides is 1. The van der Waals surface area contributed by atoms with Crippen molar-refractivity contribution in [2.24, 2.45) is 15.1 Å². The summed E-state index contributed by atoms with van der Waals surface area (Å²) in [4.78, 5) is 23.7. The first-order valence-corrected chi connectivity index (χ1v) is 11.3. The molecule has 1 atom stereocenters. The molecule has 182 valence electrons. The molecule has 10 heteroatoms. The summed E-state index contributed by atoms with van der Waals surface area (Å²) in [5.74, 6) is 2.16. The van der Waals surface area contributed by atoms with E-state index in [1.165, 1.54) is 0 Å². The minimum atomic E-state index is -0.123. The van der Waals surface area contributed by atoms with Crippen LogP contribution in [-0.4, -0.2) is 70.2 Å². The van der Waals surface area contributed by atoms with Crippen molar-refractivity contribution in [3.8, 4) is 11.5 Å². The Balaban J connectivity index is 1.59. The summed E-state index contributed by atoms with van der Waals surface area (Å²) in [6.07, 6.45) is 6.04. The van der Waals surface area contributed by atoms with Gasteiger partial charge in [-0.3, -0.25) is 9.79 Å². The van der Waals surface area contributed by atoms with Crippen molar-refractivity contribution in [2.45, 2.75) is 6.42 Å². The molecule has 4 rings (SSSR count). The summed E-state index contributed by atoms with van der Waals surface area (Å²) in [6, 6.07) is 12.9. The second-order valence-electron chi connectivity index (χ2n) is 8.34. The Hall–Kier alpha value is -4.02. The normalized spacial score (nSPS) is 18.1. The molecule has 0 saturated carbocycles. The number of quaternary nitrogens is 1. The zero-order chi connectivity index (χ0) is 24.8. The van der Waals surface area contributed by atoms with Crippen molar-refractivity contribution in [2.75, 3.05) is 46.7 Å². The van der Waals surface area contributed by atoms with Gasteiger partial charge in [-0.05, 0) is 38.2 Å². The molecule has 2 aliphatic heterocycles. The van der Waals surface area contributed by atoms with E-state index in [9.17, 15) is 4.79 Å². The molecule has 2 N–H and O–H groups in total. The van der Waals surface area contributed by atoms with Gasteiger partial charge in [0.1, 0.15) is 17.7 Å². The van der Waals surface area contributed by atoms with Crippen molar-refractivity contribution in [3.63, 3.8) is 0 Å². The predicted octanol–water partition coefficient (Wildman–Crippen LogP) is 3.04. The largest absolute Gasteiger partial charge is 0.497 e. The van der Waals surface area contributed by atoms with Gasteiger partial charge >= 0.3 is 0 Å². The van der Waals surface area contributed by atoms with Gasteiger partial charge in [0.05, 0.1) is 20.4 Å². The Bertz CT molecular complexity index is 1200. The molecule has 35 heavy (non-hydrogen) atoms. The highest BCUT2D eigenvalue weighted by atomic mass is 16.5. The molecule has 1 amide bonds. The van der Waals surface area contributed by atoms with Crippen molar-refractivity contribution in [3.05, 3.63) is 60.4 Å². The third kappa shape index (κ3) is 5.39. The number of amidine groups is 1. The molecule has 0 saturated heterocycles. The highest BCUT2D eigenvalue weighted by molar-refractivity contribution is 6.38. The number of nitrogens with zero attached hydrogens (tertiary/aromatic N) is 5.